The van der Waals surface area contributed by atoms with E-state index in [1.165, 1.54) is 0 Å². The second kappa shape index (κ2) is 7.47. The molecule has 0 saturated carbocycles. The van der Waals surface area contributed by atoms with E-state index in [9.17, 15) is 0 Å². The molecule has 0 aliphatic heterocycles. The lowest BCUT2D eigenvalue weighted by Gasteiger charge is -2.16. The van der Waals surface area contributed by atoms with Crippen LogP contribution < -0.4 is 11.1 Å². The van der Waals surface area contributed by atoms with E-state index >= 15 is 0 Å². The van der Waals surface area contributed by atoms with Gasteiger partial charge in [0.15, 0.2) is 5.96 Å². The van der Waals surface area contributed by atoms with Crippen LogP contribution in [0.15, 0.2) is 41.7 Å². The number of nitrogens with zero attached hydrogens (tertiary/aromatic N) is 2. The van der Waals surface area contributed by atoms with E-state index in [0.717, 1.165) is 16.7 Å². The Bertz CT molecular complexity index is 686. The van der Waals surface area contributed by atoms with Gasteiger partial charge >= 0.3 is 0 Å². The van der Waals surface area contributed by atoms with Gasteiger partial charge in [-0.1, -0.05) is 35.3 Å². The summed E-state index contributed by atoms with van der Waals surface area (Å²) in [4.78, 5) is 8.45. The topological polar surface area (TPSA) is 63.3 Å². The zero-order valence-corrected chi connectivity index (χ0v) is 14.0. The maximum Gasteiger partial charge on any atom is 0.189 e. The number of nitrogens with two attached hydrogens (primary N) is 1. The summed E-state index contributed by atoms with van der Waals surface area (Å²) in [6.07, 6.45) is 3.59. The summed E-state index contributed by atoms with van der Waals surface area (Å²) in [7, 11) is 0. The van der Waals surface area contributed by atoms with Crippen LogP contribution in [0.2, 0.25) is 10.0 Å². The average Bonchev–Trinajstić information content (AvgIpc) is 2.45. The molecule has 22 heavy (non-hydrogen) atoms. The van der Waals surface area contributed by atoms with E-state index in [2.05, 4.69) is 15.3 Å². The lowest BCUT2D eigenvalue weighted by molar-refractivity contribution is 0.708. The van der Waals surface area contributed by atoms with Crippen LogP contribution in [0.1, 0.15) is 29.7 Å². The van der Waals surface area contributed by atoms with Gasteiger partial charge in [0.05, 0.1) is 12.6 Å². The van der Waals surface area contributed by atoms with Crippen molar-refractivity contribution in [2.24, 2.45) is 10.7 Å². The van der Waals surface area contributed by atoms with Crippen molar-refractivity contribution in [3.63, 3.8) is 0 Å². The minimum Gasteiger partial charge on any atom is -0.370 e. The van der Waals surface area contributed by atoms with Crippen LogP contribution >= 0.6 is 23.2 Å². The summed E-state index contributed by atoms with van der Waals surface area (Å²) in [5.41, 5.74) is 8.96. The molecule has 0 amide bonds. The first-order chi connectivity index (χ1) is 10.5. The van der Waals surface area contributed by atoms with Gasteiger partial charge < -0.3 is 11.1 Å². The van der Waals surface area contributed by atoms with Gasteiger partial charge in [-0.3, -0.25) is 4.98 Å². The molecule has 0 fully saturated rings. The van der Waals surface area contributed by atoms with Gasteiger partial charge in [0.25, 0.3) is 0 Å². The Kier molecular flexibility index (Phi) is 5.63. The van der Waals surface area contributed by atoms with Crippen LogP contribution in [-0.4, -0.2) is 10.9 Å². The molecule has 0 radical (unpaired) electrons. The monoisotopic (exact) mass is 336 g/mol. The zero-order chi connectivity index (χ0) is 16.1. The van der Waals surface area contributed by atoms with Gasteiger partial charge in [-0.05, 0) is 42.7 Å². The van der Waals surface area contributed by atoms with E-state index in [4.69, 9.17) is 28.9 Å². The number of hydrogen-bond donors (Lipinski definition) is 2. The molecule has 1 heterocycles. The molecule has 116 valence electrons. The van der Waals surface area contributed by atoms with E-state index in [1.807, 2.05) is 26.0 Å². The van der Waals surface area contributed by atoms with Crippen molar-refractivity contribution < 1.29 is 0 Å². The molecule has 2 rings (SSSR count). The van der Waals surface area contributed by atoms with E-state index in [-0.39, 0.29) is 6.04 Å². The van der Waals surface area contributed by atoms with Gasteiger partial charge in [-0.25, -0.2) is 4.99 Å². The molecule has 0 bridgehead atoms. The highest BCUT2D eigenvalue weighted by Gasteiger charge is 2.10. The third-order valence-electron chi connectivity index (χ3n) is 3.16. The first-order valence-corrected chi connectivity index (χ1v) is 7.63. The fraction of sp³-hybridized carbons (Fsp3) is 0.250. The largest absolute Gasteiger partial charge is 0.370 e. The first kappa shape index (κ1) is 16.6. The summed E-state index contributed by atoms with van der Waals surface area (Å²) < 4.78 is 0. The van der Waals surface area contributed by atoms with Crippen molar-refractivity contribution in [2.45, 2.75) is 26.4 Å². The normalized spacial score (nSPS) is 13.0. The summed E-state index contributed by atoms with van der Waals surface area (Å²) >= 11 is 12.1. The summed E-state index contributed by atoms with van der Waals surface area (Å²) in [5, 5.41) is 4.33. The van der Waals surface area contributed by atoms with Crippen molar-refractivity contribution in [3.8, 4) is 0 Å². The molecular weight excluding hydrogens is 319 g/mol. The predicted octanol–water partition coefficient (Wildman–Crippen LogP) is 3.86. The highest BCUT2D eigenvalue weighted by molar-refractivity contribution is 6.35. The Morgan fingerprint density at radius 1 is 1.32 bits per heavy atom. The van der Waals surface area contributed by atoms with E-state index in [0.29, 0.717) is 22.5 Å². The van der Waals surface area contributed by atoms with Crippen molar-refractivity contribution in [2.75, 3.05) is 0 Å². The van der Waals surface area contributed by atoms with Crippen molar-refractivity contribution in [3.05, 3.63) is 63.4 Å². The predicted molar refractivity (Wildman–Crippen MR) is 92.3 cm³/mol. The average molecular weight is 337 g/mol. The number of halogens is 2. The van der Waals surface area contributed by atoms with Gasteiger partial charge in [0, 0.05) is 22.4 Å². The number of aliphatic imine (C=N–C) groups is 1. The molecule has 0 aliphatic carbocycles. The minimum absolute atomic E-state index is 0.0656. The highest BCUT2D eigenvalue weighted by Crippen LogP contribution is 2.25. The smallest absolute Gasteiger partial charge is 0.189 e. The molecule has 6 heteroatoms. The van der Waals surface area contributed by atoms with Gasteiger partial charge in [-0.2, -0.15) is 0 Å². The van der Waals surface area contributed by atoms with Crippen LogP contribution in [0.5, 0.6) is 0 Å². The Balaban J connectivity index is 2.01. The van der Waals surface area contributed by atoms with Crippen LogP contribution in [0.25, 0.3) is 0 Å². The molecular formula is C16H18Cl2N4. The number of benzene rings is 1. The zero-order valence-electron chi connectivity index (χ0n) is 12.5. The quantitative estimate of drug-likeness (QED) is 0.658. The van der Waals surface area contributed by atoms with Crippen LogP contribution in [0.4, 0.5) is 0 Å². The number of hydrogen-bond acceptors (Lipinski definition) is 2. The Hall–Kier alpha value is -1.78. The Morgan fingerprint density at radius 2 is 2.09 bits per heavy atom. The second-order valence-corrected chi connectivity index (χ2v) is 5.95. The van der Waals surface area contributed by atoms with Gasteiger partial charge in [-0.15, -0.1) is 0 Å². The number of pyridine rings is 1. The maximum absolute atomic E-state index is 6.18. The van der Waals surface area contributed by atoms with Crippen molar-refractivity contribution in [1.29, 1.82) is 0 Å². The maximum atomic E-state index is 6.18. The fourth-order valence-electron chi connectivity index (χ4n) is 2.08. The van der Waals surface area contributed by atoms with Crippen LogP contribution in [0.3, 0.4) is 0 Å². The number of aromatic nitrogens is 1. The number of aryl methyl sites for hydroxylation is 1. The summed E-state index contributed by atoms with van der Waals surface area (Å²) in [6.45, 7) is 4.44. The van der Waals surface area contributed by atoms with Gasteiger partial charge in [0.1, 0.15) is 0 Å². The van der Waals surface area contributed by atoms with Crippen molar-refractivity contribution in [1.82, 2.24) is 10.3 Å². The van der Waals surface area contributed by atoms with Gasteiger partial charge in [0.2, 0.25) is 0 Å². The third kappa shape index (κ3) is 4.61. The molecule has 1 aromatic carbocycles. The summed E-state index contributed by atoms with van der Waals surface area (Å²) in [6, 6.07) is 7.35. The Morgan fingerprint density at radius 3 is 2.77 bits per heavy atom. The molecule has 1 aromatic heterocycles. The summed E-state index contributed by atoms with van der Waals surface area (Å²) in [5.74, 6) is 0.361. The highest BCUT2D eigenvalue weighted by atomic mass is 35.5. The Labute approximate surface area is 140 Å². The van der Waals surface area contributed by atoms with Crippen LogP contribution in [-0.2, 0) is 6.54 Å². The minimum atomic E-state index is -0.0656. The SMILES string of the molecule is Cc1cncc(CN=C(N)NC(C)c2ccc(Cl)cc2Cl)c1. The molecule has 4 nitrogen and oxygen atoms in total. The number of guanidine groups is 1. The van der Waals surface area contributed by atoms with Crippen LogP contribution in [0, 0.1) is 6.92 Å². The molecule has 1 atom stereocenters. The lowest BCUT2D eigenvalue weighted by Crippen LogP contribution is -2.34. The van der Waals surface area contributed by atoms with E-state index in [1.54, 1.807) is 24.5 Å². The second-order valence-electron chi connectivity index (χ2n) is 5.10. The lowest BCUT2D eigenvalue weighted by atomic mass is 10.1. The van der Waals surface area contributed by atoms with Crippen molar-refractivity contribution >= 4 is 29.2 Å². The third-order valence-corrected chi connectivity index (χ3v) is 3.72. The standard InChI is InChI=1S/C16H18Cl2N4/c1-10-5-12(8-20-7-10)9-21-16(19)22-11(2)14-4-3-13(17)6-15(14)18/h3-8,11H,9H2,1-2H3,(H3,19,21,22). The molecule has 2 aromatic rings. The fourth-order valence-corrected chi connectivity index (χ4v) is 2.65. The molecule has 1 unspecified atom stereocenters. The number of nitrogens with one attached hydrogen (secondary N) is 1. The van der Waals surface area contributed by atoms with E-state index < -0.39 is 0 Å². The molecule has 3 N–H and O–H groups in total. The molecule has 0 aliphatic rings. The number of rotatable bonds is 4. The molecule has 0 spiro atoms. The first-order valence-electron chi connectivity index (χ1n) is 6.87. The molecule has 0 saturated heterocycles.